The number of rotatable bonds is 11. The predicted octanol–water partition coefficient (Wildman–Crippen LogP) is 0.0736. The van der Waals surface area contributed by atoms with Crippen LogP contribution in [0.3, 0.4) is 0 Å². The standard InChI is InChI=1S/C21H36N6O5S/c1-3-4-14-32-19-17-23-18(16-24-19)26-9-11-27(12-10-26)33(29,30)21(20(22)28)5-7-25(8-6-21)13-15-31-2/h16-17H,3-15H2,1-2H3,(H2,22,28). The van der Waals surface area contributed by atoms with Gasteiger partial charge >= 0.3 is 0 Å². The first kappa shape index (κ1) is 25.6. The number of anilines is 1. The number of piperazine rings is 1. The highest BCUT2D eigenvalue weighted by molar-refractivity contribution is 7.91. The molecule has 0 aliphatic carbocycles. The van der Waals surface area contributed by atoms with Gasteiger partial charge < -0.3 is 25.0 Å². The van der Waals surface area contributed by atoms with E-state index in [0.29, 0.717) is 57.6 Å². The first-order valence-corrected chi connectivity index (χ1v) is 13.0. The summed E-state index contributed by atoms with van der Waals surface area (Å²) in [4.78, 5) is 25.2. The summed E-state index contributed by atoms with van der Waals surface area (Å²) in [7, 11) is -2.27. The van der Waals surface area contributed by atoms with E-state index >= 15 is 0 Å². The minimum absolute atomic E-state index is 0.194. The van der Waals surface area contributed by atoms with Crippen LogP contribution in [0.15, 0.2) is 12.4 Å². The second kappa shape index (κ2) is 11.4. The van der Waals surface area contributed by atoms with Crippen LogP contribution >= 0.6 is 0 Å². The van der Waals surface area contributed by atoms with Crippen molar-refractivity contribution in [2.24, 2.45) is 5.73 Å². The molecule has 0 radical (unpaired) electrons. The van der Waals surface area contributed by atoms with Crippen LogP contribution in [-0.4, -0.2) is 104 Å². The molecule has 1 amide bonds. The number of sulfonamides is 1. The average Bonchev–Trinajstić information content (AvgIpc) is 2.83. The van der Waals surface area contributed by atoms with Crippen molar-refractivity contribution in [3.8, 4) is 5.88 Å². The zero-order valence-corrected chi connectivity index (χ0v) is 20.4. The largest absolute Gasteiger partial charge is 0.477 e. The summed E-state index contributed by atoms with van der Waals surface area (Å²) in [6.45, 7) is 6.39. The summed E-state index contributed by atoms with van der Waals surface area (Å²) in [5.41, 5.74) is 5.69. The third kappa shape index (κ3) is 5.73. The number of hydrogen-bond acceptors (Lipinski definition) is 9. The minimum atomic E-state index is -3.90. The fourth-order valence-electron chi connectivity index (χ4n) is 4.26. The maximum absolute atomic E-state index is 13.6. The van der Waals surface area contributed by atoms with E-state index in [1.54, 1.807) is 19.5 Å². The van der Waals surface area contributed by atoms with Gasteiger partial charge in [-0.1, -0.05) is 13.3 Å². The minimum Gasteiger partial charge on any atom is -0.477 e. The molecule has 1 aromatic rings. The lowest BCUT2D eigenvalue weighted by molar-refractivity contribution is -0.121. The fourth-order valence-corrected chi connectivity index (χ4v) is 6.35. The molecule has 0 unspecified atom stereocenters. The monoisotopic (exact) mass is 484 g/mol. The summed E-state index contributed by atoms with van der Waals surface area (Å²) in [6.07, 6.45) is 5.62. The molecule has 0 aromatic carbocycles. The zero-order valence-electron chi connectivity index (χ0n) is 19.6. The van der Waals surface area contributed by atoms with Gasteiger partial charge in [0.25, 0.3) is 0 Å². The Bertz CT molecular complexity index is 866. The molecule has 2 fully saturated rings. The van der Waals surface area contributed by atoms with Crippen molar-refractivity contribution < 1.29 is 22.7 Å². The van der Waals surface area contributed by atoms with Gasteiger partial charge in [-0.05, 0) is 19.3 Å². The number of likely N-dealkylation sites (tertiary alicyclic amines) is 1. The second-order valence-electron chi connectivity index (χ2n) is 8.50. The van der Waals surface area contributed by atoms with Crippen LogP contribution < -0.4 is 15.4 Å². The molecule has 186 valence electrons. The van der Waals surface area contributed by atoms with Crippen LogP contribution in [0.5, 0.6) is 5.88 Å². The van der Waals surface area contributed by atoms with Gasteiger partial charge in [0.2, 0.25) is 21.8 Å². The molecule has 33 heavy (non-hydrogen) atoms. The third-order valence-electron chi connectivity index (χ3n) is 6.48. The molecule has 0 spiro atoms. The molecule has 11 nitrogen and oxygen atoms in total. The smallest absolute Gasteiger partial charge is 0.240 e. The summed E-state index contributed by atoms with van der Waals surface area (Å²) in [6, 6.07) is 0. The lowest BCUT2D eigenvalue weighted by Gasteiger charge is -2.43. The highest BCUT2D eigenvalue weighted by Crippen LogP contribution is 2.34. The van der Waals surface area contributed by atoms with Crippen molar-refractivity contribution >= 4 is 21.7 Å². The summed E-state index contributed by atoms with van der Waals surface area (Å²) in [5, 5.41) is 0. The first-order valence-electron chi connectivity index (χ1n) is 11.5. The maximum atomic E-state index is 13.6. The van der Waals surface area contributed by atoms with E-state index in [4.69, 9.17) is 15.2 Å². The van der Waals surface area contributed by atoms with E-state index in [1.165, 1.54) is 4.31 Å². The van der Waals surface area contributed by atoms with Gasteiger partial charge in [0.15, 0.2) is 4.75 Å². The zero-order chi connectivity index (χ0) is 23.9. The van der Waals surface area contributed by atoms with Gasteiger partial charge in [-0.25, -0.2) is 18.4 Å². The van der Waals surface area contributed by atoms with Gasteiger partial charge in [-0.15, -0.1) is 0 Å². The SMILES string of the molecule is CCCCOc1cnc(N2CCN(S(=O)(=O)C3(C(N)=O)CCN(CCOC)CC3)CC2)cn1. The van der Waals surface area contributed by atoms with Crippen LogP contribution in [0.4, 0.5) is 5.82 Å². The number of methoxy groups -OCH3 is 1. The summed E-state index contributed by atoms with van der Waals surface area (Å²) < 4.78 is 37.6. The number of hydrogen-bond donors (Lipinski definition) is 1. The molecule has 0 bridgehead atoms. The van der Waals surface area contributed by atoms with E-state index in [0.717, 1.165) is 12.8 Å². The Balaban J connectivity index is 1.61. The quantitative estimate of drug-likeness (QED) is 0.434. The number of amides is 1. The lowest BCUT2D eigenvalue weighted by Crippen LogP contribution is -2.63. The van der Waals surface area contributed by atoms with Gasteiger partial charge in [-0.2, -0.15) is 4.31 Å². The Labute approximate surface area is 196 Å². The van der Waals surface area contributed by atoms with Gasteiger partial charge in [0.05, 0.1) is 25.6 Å². The van der Waals surface area contributed by atoms with Crippen molar-refractivity contribution in [2.75, 3.05) is 71.0 Å². The molecule has 0 atom stereocenters. The molecule has 3 rings (SSSR count). The van der Waals surface area contributed by atoms with Crippen molar-refractivity contribution in [2.45, 2.75) is 37.4 Å². The van der Waals surface area contributed by atoms with E-state index in [9.17, 15) is 13.2 Å². The first-order chi connectivity index (χ1) is 15.8. The Morgan fingerprint density at radius 2 is 1.79 bits per heavy atom. The third-order valence-corrected chi connectivity index (χ3v) is 9.13. The van der Waals surface area contributed by atoms with Crippen molar-refractivity contribution in [1.82, 2.24) is 19.2 Å². The maximum Gasteiger partial charge on any atom is 0.240 e. The van der Waals surface area contributed by atoms with Crippen LogP contribution in [0.1, 0.15) is 32.6 Å². The van der Waals surface area contributed by atoms with Crippen molar-refractivity contribution in [1.29, 1.82) is 0 Å². The Morgan fingerprint density at radius 3 is 2.33 bits per heavy atom. The van der Waals surface area contributed by atoms with Gasteiger partial charge in [0.1, 0.15) is 5.82 Å². The van der Waals surface area contributed by atoms with Crippen LogP contribution in [0.2, 0.25) is 0 Å². The number of carbonyl (C=O) groups is 1. The van der Waals surface area contributed by atoms with E-state index in [-0.39, 0.29) is 25.9 Å². The van der Waals surface area contributed by atoms with Gasteiger partial charge in [-0.3, -0.25) is 4.79 Å². The number of piperidine rings is 1. The average molecular weight is 485 g/mol. The normalized spacial score (nSPS) is 20.0. The lowest BCUT2D eigenvalue weighted by atomic mass is 9.95. The van der Waals surface area contributed by atoms with Crippen LogP contribution in [0.25, 0.3) is 0 Å². The molecule has 2 N–H and O–H groups in total. The van der Waals surface area contributed by atoms with E-state index < -0.39 is 20.7 Å². The van der Waals surface area contributed by atoms with Gasteiger partial charge in [0, 0.05) is 52.9 Å². The molecule has 2 aliphatic rings. The number of nitrogens with two attached hydrogens (primary N) is 1. The molecule has 1 aromatic heterocycles. The predicted molar refractivity (Wildman–Crippen MR) is 125 cm³/mol. The number of ether oxygens (including phenoxy) is 2. The Hall–Kier alpha value is -2.02. The van der Waals surface area contributed by atoms with Crippen molar-refractivity contribution in [3.63, 3.8) is 0 Å². The second-order valence-corrected chi connectivity index (χ2v) is 10.7. The van der Waals surface area contributed by atoms with Crippen LogP contribution in [0, 0.1) is 0 Å². The topological polar surface area (TPSA) is 131 Å². The molecule has 2 aliphatic heterocycles. The fraction of sp³-hybridized carbons (Fsp3) is 0.762. The highest BCUT2D eigenvalue weighted by atomic mass is 32.2. The van der Waals surface area contributed by atoms with E-state index in [2.05, 4.69) is 21.8 Å². The number of nitrogens with zero attached hydrogens (tertiary/aromatic N) is 5. The molecule has 2 saturated heterocycles. The summed E-state index contributed by atoms with van der Waals surface area (Å²) >= 11 is 0. The molecule has 12 heteroatoms. The number of carbonyl (C=O) groups excluding carboxylic acids is 1. The number of unbranched alkanes of at least 4 members (excludes halogenated alkanes) is 1. The van der Waals surface area contributed by atoms with Crippen molar-refractivity contribution in [3.05, 3.63) is 12.4 Å². The Kier molecular flexibility index (Phi) is 8.85. The molecule has 0 saturated carbocycles. The van der Waals surface area contributed by atoms with E-state index in [1.807, 2.05) is 4.90 Å². The highest BCUT2D eigenvalue weighted by Gasteiger charge is 2.53. The molecule has 3 heterocycles. The number of primary amides is 1. The Morgan fingerprint density at radius 1 is 1.09 bits per heavy atom. The number of aromatic nitrogens is 2. The molecular formula is C21H36N6O5S. The summed E-state index contributed by atoms with van der Waals surface area (Å²) in [5.74, 6) is 0.389. The molecular weight excluding hydrogens is 448 g/mol. The van der Waals surface area contributed by atoms with Crippen LogP contribution in [-0.2, 0) is 19.6 Å².